The Kier molecular flexibility index (Phi) is 4.42. The van der Waals surface area contributed by atoms with Gasteiger partial charge in [-0.25, -0.2) is 5.43 Å². The lowest BCUT2D eigenvalue weighted by Crippen LogP contribution is -2.48. The molecule has 0 bridgehead atoms. The summed E-state index contributed by atoms with van der Waals surface area (Å²) in [6.07, 6.45) is 0. The Morgan fingerprint density at radius 1 is 1.39 bits per heavy atom. The molecule has 0 unspecified atom stereocenters. The largest absolute Gasteiger partial charge is 0.287 e. The van der Waals surface area contributed by atoms with Gasteiger partial charge >= 0.3 is 0 Å². The van der Waals surface area contributed by atoms with Gasteiger partial charge in [0, 0.05) is 17.2 Å². The second kappa shape index (κ2) is 5.45. The molecule has 18 heavy (non-hydrogen) atoms. The average Bonchev–Trinajstić information content (AvgIpc) is 2.24. The van der Waals surface area contributed by atoms with E-state index in [0.29, 0.717) is 5.56 Å². The molecular formula is C11H14BrN3O3. The number of carbonyl (C=O) groups excluding carboxylic acids is 1. The molecule has 1 aromatic carbocycles. The number of nitro groups is 1. The minimum absolute atomic E-state index is 0.0738. The standard InChI is InChI=1S/C11H14BrN3O3/c1-11(2,3)14-13-10(16)7-4-5-9(15(17)18)8(12)6-7/h4-6,14H,1-3H3,(H,13,16). The molecule has 0 aliphatic heterocycles. The number of hydrazine groups is 1. The molecule has 1 rings (SSSR count). The summed E-state index contributed by atoms with van der Waals surface area (Å²) < 4.78 is 0.274. The lowest BCUT2D eigenvalue weighted by molar-refractivity contribution is -0.385. The van der Waals surface area contributed by atoms with E-state index < -0.39 is 4.92 Å². The average molecular weight is 316 g/mol. The Hall–Kier alpha value is -1.47. The van der Waals surface area contributed by atoms with Crippen LogP contribution < -0.4 is 10.9 Å². The molecule has 0 saturated carbocycles. The van der Waals surface area contributed by atoms with Gasteiger partial charge in [-0.05, 0) is 48.8 Å². The predicted octanol–water partition coefficient (Wildman–Crippen LogP) is 2.39. The molecule has 0 spiro atoms. The third-order valence-corrected chi connectivity index (χ3v) is 2.59. The van der Waals surface area contributed by atoms with Crippen molar-refractivity contribution in [2.24, 2.45) is 0 Å². The zero-order chi connectivity index (χ0) is 13.9. The van der Waals surface area contributed by atoms with Crippen molar-refractivity contribution in [3.05, 3.63) is 38.3 Å². The predicted molar refractivity (Wildman–Crippen MR) is 71.2 cm³/mol. The first-order chi connectivity index (χ1) is 8.20. The molecule has 6 nitrogen and oxygen atoms in total. The molecule has 0 fully saturated rings. The Labute approximate surface area is 113 Å². The van der Waals surface area contributed by atoms with Gasteiger partial charge in [-0.15, -0.1) is 0 Å². The number of carbonyl (C=O) groups is 1. The third kappa shape index (κ3) is 4.08. The quantitative estimate of drug-likeness (QED) is 0.662. The lowest BCUT2D eigenvalue weighted by atomic mass is 10.1. The summed E-state index contributed by atoms with van der Waals surface area (Å²) in [5.74, 6) is -0.347. The van der Waals surface area contributed by atoms with Crippen molar-refractivity contribution in [3.8, 4) is 0 Å². The van der Waals surface area contributed by atoms with Crippen molar-refractivity contribution in [1.29, 1.82) is 0 Å². The number of rotatable bonds is 3. The van der Waals surface area contributed by atoms with E-state index in [-0.39, 0.29) is 21.6 Å². The zero-order valence-electron chi connectivity index (χ0n) is 10.3. The molecule has 1 aromatic rings. The van der Waals surface area contributed by atoms with Gasteiger partial charge in [0.05, 0.1) is 9.40 Å². The van der Waals surface area contributed by atoms with Crippen LogP contribution in [0.1, 0.15) is 31.1 Å². The molecule has 0 atom stereocenters. The molecular weight excluding hydrogens is 302 g/mol. The van der Waals surface area contributed by atoms with Crippen LogP contribution in [-0.2, 0) is 0 Å². The van der Waals surface area contributed by atoms with E-state index in [1.54, 1.807) is 0 Å². The number of benzene rings is 1. The maximum Gasteiger partial charge on any atom is 0.283 e. The topological polar surface area (TPSA) is 84.3 Å². The summed E-state index contributed by atoms with van der Waals surface area (Å²) in [5.41, 5.74) is 5.37. The summed E-state index contributed by atoms with van der Waals surface area (Å²) in [6.45, 7) is 5.71. The van der Waals surface area contributed by atoms with E-state index in [9.17, 15) is 14.9 Å². The molecule has 98 valence electrons. The first kappa shape index (κ1) is 14.6. The SMILES string of the molecule is CC(C)(C)NNC(=O)c1ccc([N+](=O)[O-])c(Br)c1. The summed E-state index contributed by atoms with van der Waals surface area (Å²) >= 11 is 3.06. The fourth-order valence-corrected chi connectivity index (χ4v) is 1.64. The van der Waals surface area contributed by atoms with Crippen LogP contribution in [-0.4, -0.2) is 16.4 Å². The van der Waals surface area contributed by atoms with Gasteiger partial charge in [-0.3, -0.25) is 20.3 Å². The van der Waals surface area contributed by atoms with Crippen LogP contribution in [0, 0.1) is 10.1 Å². The molecule has 0 aromatic heterocycles. The highest BCUT2D eigenvalue weighted by molar-refractivity contribution is 9.10. The molecule has 2 N–H and O–H groups in total. The minimum atomic E-state index is -0.515. The van der Waals surface area contributed by atoms with E-state index in [0.717, 1.165) is 0 Å². The van der Waals surface area contributed by atoms with E-state index in [4.69, 9.17) is 0 Å². The van der Waals surface area contributed by atoms with Gasteiger partial charge in [-0.1, -0.05) is 0 Å². The van der Waals surface area contributed by atoms with Crippen molar-refractivity contribution in [1.82, 2.24) is 10.9 Å². The van der Waals surface area contributed by atoms with Gasteiger partial charge < -0.3 is 0 Å². The smallest absolute Gasteiger partial charge is 0.283 e. The van der Waals surface area contributed by atoms with Gasteiger partial charge in [0.1, 0.15) is 0 Å². The van der Waals surface area contributed by atoms with Gasteiger partial charge in [0.2, 0.25) is 0 Å². The molecule has 0 aliphatic rings. The normalized spacial score (nSPS) is 11.1. The van der Waals surface area contributed by atoms with Crippen LogP contribution >= 0.6 is 15.9 Å². The molecule has 1 amide bonds. The van der Waals surface area contributed by atoms with Gasteiger partial charge in [0.25, 0.3) is 11.6 Å². The van der Waals surface area contributed by atoms with E-state index in [2.05, 4.69) is 26.8 Å². The molecule has 0 saturated heterocycles. The van der Waals surface area contributed by atoms with Crippen LogP contribution in [0.2, 0.25) is 0 Å². The lowest BCUT2D eigenvalue weighted by Gasteiger charge is -2.20. The summed E-state index contributed by atoms with van der Waals surface area (Å²) in [5, 5.41) is 10.6. The number of nitro benzene ring substituents is 1. The van der Waals surface area contributed by atoms with Crippen molar-refractivity contribution in [2.45, 2.75) is 26.3 Å². The second-order valence-corrected chi connectivity index (χ2v) is 5.61. The molecule has 7 heteroatoms. The Morgan fingerprint density at radius 2 is 2.00 bits per heavy atom. The Bertz CT molecular complexity index is 483. The molecule has 0 heterocycles. The highest BCUT2D eigenvalue weighted by atomic mass is 79.9. The number of hydrogen-bond acceptors (Lipinski definition) is 4. The van der Waals surface area contributed by atoms with Crippen molar-refractivity contribution in [2.75, 3.05) is 0 Å². The van der Waals surface area contributed by atoms with E-state index in [1.165, 1.54) is 18.2 Å². The number of hydrogen-bond donors (Lipinski definition) is 2. The first-order valence-corrected chi connectivity index (χ1v) is 6.01. The highest BCUT2D eigenvalue weighted by Gasteiger charge is 2.16. The van der Waals surface area contributed by atoms with Crippen LogP contribution in [0.25, 0.3) is 0 Å². The first-order valence-electron chi connectivity index (χ1n) is 5.22. The molecule has 0 radical (unpaired) electrons. The third-order valence-electron chi connectivity index (χ3n) is 1.96. The fraction of sp³-hybridized carbons (Fsp3) is 0.364. The molecule has 0 aliphatic carbocycles. The van der Waals surface area contributed by atoms with Crippen LogP contribution in [0.4, 0.5) is 5.69 Å². The van der Waals surface area contributed by atoms with Crippen molar-refractivity contribution < 1.29 is 9.72 Å². The maximum absolute atomic E-state index is 11.8. The Morgan fingerprint density at radius 3 is 2.44 bits per heavy atom. The number of nitrogens with zero attached hydrogens (tertiary/aromatic N) is 1. The number of halogens is 1. The van der Waals surface area contributed by atoms with Gasteiger partial charge in [0.15, 0.2) is 0 Å². The fourth-order valence-electron chi connectivity index (χ4n) is 1.11. The Balaban J connectivity index is 2.82. The minimum Gasteiger partial charge on any atom is -0.287 e. The zero-order valence-corrected chi connectivity index (χ0v) is 11.9. The summed E-state index contributed by atoms with van der Waals surface area (Å²) in [6, 6.07) is 4.11. The summed E-state index contributed by atoms with van der Waals surface area (Å²) in [4.78, 5) is 21.9. The number of nitrogens with one attached hydrogen (secondary N) is 2. The maximum atomic E-state index is 11.8. The highest BCUT2D eigenvalue weighted by Crippen LogP contribution is 2.25. The van der Waals surface area contributed by atoms with Crippen molar-refractivity contribution in [3.63, 3.8) is 0 Å². The van der Waals surface area contributed by atoms with Crippen LogP contribution in [0.5, 0.6) is 0 Å². The van der Waals surface area contributed by atoms with Crippen molar-refractivity contribution >= 4 is 27.5 Å². The van der Waals surface area contributed by atoms with Crippen LogP contribution in [0.3, 0.4) is 0 Å². The van der Waals surface area contributed by atoms with Crippen LogP contribution in [0.15, 0.2) is 22.7 Å². The van der Waals surface area contributed by atoms with E-state index >= 15 is 0 Å². The number of amides is 1. The monoisotopic (exact) mass is 315 g/mol. The van der Waals surface area contributed by atoms with E-state index in [1.807, 2.05) is 20.8 Å². The summed E-state index contributed by atoms with van der Waals surface area (Å²) in [7, 11) is 0. The second-order valence-electron chi connectivity index (χ2n) is 4.75. The van der Waals surface area contributed by atoms with Gasteiger partial charge in [-0.2, -0.15) is 0 Å².